The summed E-state index contributed by atoms with van der Waals surface area (Å²) in [6.07, 6.45) is -3.07. The zero-order valence-corrected chi connectivity index (χ0v) is 7.60. The number of nitrogens with zero attached hydrogens (tertiary/aromatic N) is 2. The molecule has 74 valence electrons. The minimum absolute atomic E-state index is 0.0125. The summed E-state index contributed by atoms with van der Waals surface area (Å²) in [5.74, 6) is -1.21. The fraction of sp³-hybridized carbons (Fsp3) is 0.286. The van der Waals surface area contributed by atoms with E-state index in [1.54, 1.807) is 0 Å². The Balaban J connectivity index is 2.87. The number of aliphatic hydroxyl groups is 2. The van der Waals surface area contributed by atoms with Gasteiger partial charge in [0.05, 0.1) is 11.8 Å². The number of carboxylic acids is 1. The molecular formula is C7H6N2O4S. The van der Waals surface area contributed by atoms with Crippen molar-refractivity contribution in [2.75, 3.05) is 0 Å². The Labute approximate surface area is 82.7 Å². The van der Waals surface area contributed by atoms with Gasteiger partial charge in [0.2, 0.25) is 5.01 Å². The van der Waals surface area contributed by atoms with Crippen LogP contribution in [0.3, 0.4) is 0 Å². The topological polar surface area (TPSA) is 114 Å². The normalized spacial score (nSPS) is 14.4. The van der Waals surface area contributed by atoms with Crippen LogP contribution in [0.2, 0.25) is 0 Å². The maximum atomic E-state index is 10.4. The number of aromatic carboxylic acids is 1. The van der Waals surface area contributed by atoms with Crippen LogP contribution in [-0.4, -0.2) is 32.4 Å². The van der Waals surface area contributed by atoms with E-state index in [0.29, 0.717) is 0 Å². The average molecular weight is 214 g/mol. The number of aromatic nitrogens is 1. The predicted octanol–water partition coefficient (Wildman–Crippen LogP) is -0.241. The van der Waals surface area contributed by atoms with E-state index < -0.39 is 18.2 Å². The van der Waals surface area contributed by atoms with Crippen molar-refractivity contribution in [3.8, 4) is 6.07 Å². The lowest BCUT2D eigenvalue weighted by Crippen LogP contribution is -2.16. The van der Waals surface area contributed by atoms with Crippen LogP contribution in [-0.2, 0) is 0 Å². The molecule has 14 heavy (non-hydrogen) atoms. The van der Waals surface area contributed by atoms with Crippen molar-refractivity contribution < 1.29 is 20.1 Å². The van der Waals surface area contributed by atoms with Gasteiger partial charge < -0.3 is 15.3 Å². The van der Waals surface area contributed by atoms with E-state index in [9.17, 15) is 9.90 Å². The fourth-order valence-electron chi connectivity index (χ4n) is 0.753. The van der Waals surface area contributed by atoms with Gasteiger partial charge in [0.25, 0.3) is 0 Å². The van der Waals surface area contributed by atoms with Crippen LogP contribution in [0.4, 0.5) is 0 Å². The molecule has 3 N–H and O–H groups in total. The molecule has 7 heteroatoms. The molecule has 0 aliphatic carbocycles. The van der Waals surface area contributed by atoms with E-state index in [4.69, 9.17) is 15.5 Å². The zero-order chi connectivity index (χ0) is 10.7. The summed E-state index contributed by atoms with van der Waals surface area (Å²) < 4.78 is 0. The van der Waals surface area contributed by atoms with Crippen molar-refractivity contribution in [3.05, 3.63) is 16.1 Å². The van der Waals surface area contributed by atoms with Gasteiger partial charge in [-0.1, -0.05) is 0 Å². The highest BCUT2D eigenvalue weighted by Crippen LogP contribution is 2.19. The molecule has 1 aromatic heterocycles. The molecule has 0 amide bonds. The molecule has 0 saturated heterocycles. The van der Waals surface area contributed by atoms with E-state index >= 15 is 0 Å². The SMILES string of the molecule is N#CC(O)C(O)c1csc(C(=O)O)n1. The lowest BCUT2D eigenvalue weighted by atomic mass is 10.2. The van der Waals surface area contributed by atoms with Crippen LogP contribution in [0.5, 0.6) is 0 Å². The molecule has 1 rings (SSSR count). The predicted molar refractivity (Wildman–Crippen MR) is 45.7 cm³/mol. The number of carboxylic acid groups (broad SMARTS) is 1. The zero-order valence-electron chi connectivity index (χ0n) is 6.78. The lowest BCUT2D eigenvalue weighted by molar-refractivity contribution is 0.0498. The third-order valence-corrected chi connectivity index (χ3v) is 2.29. The first-order chi connectivity index (χ1) is 6.56. The molecule has 0 saturated carbocycles. The first kappa shape index (κ1) is 10.6. The molecule has 2 atom stereocenters. The minimum atomic E-state index is -1.60. The van der Waals surface area contributed by atoms with Gasteiger partial charge in [0.15, 0.2) is 6.10 Å². The van der Waals surface area contributed by atoms with Crippen molar-refractivity contribution in [1.29, 1.82) is 5.26 Å². The molecule has 0 radical (unpaired) electrons. The second-order valence-electron chi connectivity index (χ2n) is 2.40. The highest BCUT2D eigenvalue weighted by atomic mass is 32.1. The summed E-state index contributed by atoms with van der Waals surface area (Å²) in [5.41, 5.74) is -0.0125. The average Bonchev–Trinajstić information content (AvgIpc) is 2.64. The van der Waals surface area contributed by atoms with Gasteiger partial charge in [0, 0.05) is 5.38 Å². The third-order valence-electron chi connectivity index (χ3n) is 1.44. The second-order valence-corrected chi connectivity index (χ2v) is 3.26. The Morgan fingerprint density at radius 1 is 1.64 bits per heavy atom. The highest BCUT2D eigenvalue weighted by molar-refractivity contribution is 7.11. The largest absolute Gasteiger partial charge is 0.476 e. The Hall–Kier alpha value is -1.49. The maximum Gasteiger partial charge on any atom is 0.365 e. The van der Waals surface area contributed by atoms with Gasteiger partial charge in [0.1, 0.15) is 6.10 Å². The van der Waals surface area contributed by atoms with Crippen LogP contribution < -0.4 is 0 Å². The molecule has 2 unspecified atom stereocenters. The number of hydrogen-bond acceptors (Lipinski definition) is 6. The Morgan fingerprint density at radius 3 is 2.71 bits per heavy atom. The second kappa shape index (κ2) is 4.15. The Bertz CT molecular complexity index is 383. The first-order valence-corrected chi connectivity index (χ1v) is 4.38. The number of thiazole rings is 1. The molecule has 1 heterocycles. The third kappa shape index (κ3) is 2.05. The number of nitriles is 1. The molecule has 0 fully saturated rings. The van der Waals surface area contributed by atoms with Gasteiger partial charge in [-0.2, -0.15) is 5.26 Å². The number of rotatable bonds is 3. The molecule has 1 aromatic rings. The summed E-state index contributed by atoms with van der Waals surface area (Å²) in [4.78, 5) is 14.0. The molecular weight excluding hydrogens is 208 g/mol. The van der Waals surface area contributed by atoms with Gasteiger partial charge >= 0.3 is 5.97 Å². The molecule has 0 aromatic carbocycles. The van der Waals surface area contributed by atoms with Crippen LogP contribution in [0.25, 0.3) is 0 Å². The standard InChI is InChI=1S/C7H6N2O4S/c8-1-4(10)5(11)3-2-14-6(9-3)7(12)13/h2,4-5,10-11H,(H,12,13). The fourth-order valence-corrected chi connectivity index (χ4v) is 1.44. The highest BCUT2D eigenvalue weighted by Gasteiger charge is 2.21. The Morgan fingerprint density at radius 2 is 2.29 bits per heavy atom. The van der Waals surface area contributed by atoms with Crippen molar-refractivity contribution in [1.82, 2.24) is 4.98 Å². The summed E-state index contributed by atoms with van der Waals surface area (Å²) in [7, 11) is 0. The van der Waals surface area contributed by atoms with Gasteiger partial charge in [-0.15, -0.1) is 11.3 Å². The van der Waals surface area contributed by atoms with Crippen molar-refractivity contribution >= 4 is 17.3 Å². The van der Waals surface area contributed by atoms with Crippen molar-refractivity contribution in [2.45, 2.75) is 12.2 Å². The summed E-state index contributed by atoms with van der Waals surface area (Å²) in [6, 6.07) is 1.42. The Kier molecular flexibility index (Phi) is 3.14. The van der Waals surface area contributed by atoms with Crippen LogP contribution in [0, 0.1) is 11.3 Å². The number of carbonyl (C=O) groups is 1. The van der Waals surface area contributed by atoms with Crippen molar-refractivity contribution in [2.24, 2.45) is 0 Å². The summed E-state index contributed by atoms with van der Waals surface area (Å²) in [6.45, 7) is 0. The summed E-state index contributed by atoms with van der Waals surface area (Å²) in [5, 5.41) is 36.1. The van der Waals surface area contributed by atoms with Gasteiger partial charge in [-0.25, -0.2) is 9.78 Å². The van der Waals surface area contributed by atoms with Gasteiger partial charge in [-0.05, 0) is 0 Å². The molecule has 6 nitrogen and oxygen atoms in total. The van der Waals surface area contributed by atoms with Crippen LogP contribution in [0.1, 0.15) is 21.6 Å². The lowest BCUT2D eigenvalue weighted by Gasteiger charge is -2.07. The molecule has 0 spiro atoms. The van der Waals surface area contributed by atoms with E-state index in [1.165, 1.54) is 11.4 Å². The van der Waals surface area contributed by atoms with E-state index in [1.807, 2.05) is 0 Å². The molecule has 0 bridgehead atoms. The van der Waals surface area contributed by atoms with Gasteiger partial charge in [-0.3, -0.25) is 0 Å². The molecule has 0 aliphatic rings. The van der Waals surface area contributed by atoms with Crippen molar-refractivity contribution in [3.63, 3.8) is 0 Å². The number of aliphatic hydroxyl groups excluding tert-OH is 2. The maximum absolute atomic E-state index is 10.4. The van der Waals surface area contributed by atoms with E-state index in [2.05, 4.69) is 4.98 Å². The van der Waals surface area contributed by atoms with E-state index in [0.717, 1.165) is 11.3 Å². The number of hydrogen-bond donors (Lipinski definition) is 3. The monoisotopic (exact) mass is 214 g/mol. The van der Waals surface area contributed by atoms with Crippen LogP contribution >= 0.6 is 11.3 Å². The van der Waals surface area contributed by atoms with Crippen LogP contribution in [0.15, 0.2) is 5.38 Å². The quantitative estimate of drug-likeness (QED) is 0.598. The molecule has 0 aliphatic heterocycles. The summed E-state index contributed by atoms with van der Waals surface area (Å²) >= 11 is 0.823. The minimum Gasteiger partial charge on any atom is -0.476 e. The smallest absolute Gasteiger partial charge is 0.365 e. The first-order valence-electron chi connectivity index (χ1n) is 3.50. The van der Waals surface area contributed by atoms with E-state index in [-0.39, 0.29) is 10.7 Å².